The van der Waals surface area contributed by atoms with Gasteiger partial charge in [-0.05, 0) is 35.5 Å². The Morgan fingerprint density at radius 1 is 1.36 bits per heavy atom. The summed E-state index contributed by atoms with van der Waals surface area (Å²) >= 11 is 0. The lowest BCUT2D eigenvalue weighted by Crippen LogP contribution is -2.37. The number of methoxy groups -OCH3 is 1. The molecule has 1 amide bonds. The Morgan fingerprint density at radius 3 is 2.88 bits per heavy atom. The first-order valence-corrected chi connectivity index (χ1v) is 8.02. The monoisotopic (exact) mass is 343 g/mol. The lowest BCUT2D eigenvalue weighted by molar-refractivity contribution is 0.0671. The first-order chi connectivity index (χ1) is 12.2. The largest absolute Gasteiger partial charge is 0.479 e. The van der Waals surface area contributed by atoms with E-state index in [1.165, 1.54) is 13.2 Å². The van der Waals surface area contributed by atoms with Gasteiger partial charge in [-0.15, -0.1) is 0 Å². The minimum absolute atomic E-state index is 0.177. The number of fused-ring (bicyclic) bond motifs is 1. The summed E-state index contributed by atoms with van der Waals surface area (Å²) in [6, 6.07) is 3.42. The van der Waals surface area contributed by atoms with E-state index >= 15 is 0 Å². The minimum atomic E-state index is -0.262. The van der Waals surface area contributed by atoms with Crippen LogP contribution in [0.4, 0.5) is 0 Å². The molecular weight excluding hydrogens is 326 g/mol. The fourth-order valence-electron chi connectivity index (χ4n) is 3.30. The van der Waals surface area contributed by atoms with Crippen LogP contribution in [-0.2, 0) is 0 Å². The second kappa shape index (κ2) is 6.08. The number of rotatable bonds is 3. The number of likely N-dealkylation sites (tertiary alicyclic amines) is 1. The van der Waals surface area contributed by atoms with Crippen LogP contribution in [0, 0.1) is 0 Å². The maximum atomic E-state index is 12.5. The third-order valence-corrected chi connectivity index (χ3v) is 4.58. The first kappa shape index (κ1) is 15.4. The van der Waals surface area contributed by atoms with Gasteiger partial charge in [0.2, 0.25) is 5.76 Å². The van der Waals surface area contributed by atoms with E-state index in [0.29, 0.717) is 18.7 Å². The summed E-state index contributed by atoms with van der Waals surface area (Å²) in [5.74, 6) is 0.528. The van der Waals surface area contributed by atoms with Gasteiger partial charge in [0.05, 0.1) is 18.7 Å². The SMILES string of the molecule is COc1cc(C(=O)N2CCC(c3ccnc4[nH]c(=O)[nH]c34)CC2)on1. The Bertz CT molecular complexity index is 964. The molecule has 1 aliphatic heterocycles. The number of imidazole rings is 1. The van der Waals surface area contributed by atoms with Crippen molar-refractivity contribution in [1.82, 2.24) is 25.0 Å². The van der Waals surface area contributed by atoms with E-state index in [1.54, 1.807) is 11.1 Å². The van der Waals surface area contributed by atoms with Crippen molar-refractivity contribution in [2.24, 2.45) is 0 Å². The number of H-pyrrole nitrogens is 2. The summed E-state index contributed by atoms with van der Waals surface area (Å²) in [5.41, 5.74) is 2.10. The van der Waals surface area contributed by atoms with Gasteiger partial charge in [0, 0.05) is 19.3 Å². The summed E-state index contributed by atoms with van der Waals surface area (Å²) in [7, 11) is 1.47. The van der Waals surface area contributed by atoms with Crippen LogP contribution in [0.2, 0.25) is 0 Å². The van der Waals surface area contributed by atoms with Gasteiger partial charge in [-0.3, -0.25) is 9.78 Å². The standard InChI is InChI=1S/C16H17N5O4/c1-24-12-8-11(25-20-12)15(22)21-6-3-9(4-7-21)10-2-5-17-14-13(10)18-16(23)19-14/h2,5,8-9H,3-4,6-7H2,1H3,(H2,17,18,19,23). The molecule has 1 saturated heterocycles. The van der Waals surface area contributed by atoms with Crippen LogP contribution in [0.25, 0.3) is 11.2 Å². The molecule has 0 aliphatic carbocycles. The molecule has 2 N–H and O–H groups in total. The smallest absolute Gasteiger partial charge is 0.325 e. The van der Waals surface area contributed by atoms with Gasteiger partial charge < -0.3 is 19.1 Å². The topological polar surface area (TPSA) is 117 Å². The molecule has 0 saturated carbocycles. The van der Waals surface area contributed by atoms with Crippen molar-refractivity contribution in [3.05, 3.63) is 40.1 Å². The number of hydrogen-bond acceptors (Lipinski definition) is 6. The summed E-state index contributed by atoms with van der Waals surface area (Å²) in [6.07, 6.45) is 3.28. The Labute approximate surface area is 142 Å². The molecule has 0 radical (unpaired) electrons. The predicted molar refractivity (Wildman–Crippen MR) is 87.6 cm³/mol. The Kier molecular flexibility index (Phi) is 3.75. The molecule has 1 fully saturated rings. The third kappa shape index (κ3) is 2.77. The molecule has 0 bridgehead atoms. The number of aromatic nitrogens is 4. The Morgan fingerprint density at radius 2 is 2.16 bits per heavy atom. The van der Waals surface area contributed by atoms with Crippen molar-refractivity contribution in [3.63, 3.8) is 0 Å². The quantitative estimate of drug-likeness (QED) is 0.739. The predicted octanol–water partition coefficient (Wildman–Crippen LogP) is 1.27. The van der Waals surface area contributed by atoms with E-state index in [1.807, 2.05) is 6.07 Å². The maximum absolute atomic E-state index is 12.5. The molecular formula is C16H17N5O4. The zero-order chi connectivity index (χ0) is 17.4. The lowest BCUT2D eigenvalue weighted by atomic mass is 9.89. The van der Waals surface area contributed by atoms with E-state index in [9.17, 15) is 9.59 Å². The number of hydrogen-bond donors (Lipinski definition) is 2. The molecule has 1 aliphatic rings. The van der Waals surface area contributed by atoms with E-state index in [0.717, 1.165) is 23.9 Å². The van der Waals surface area contributed by atoms with Crippen LogP contribution in [0.5, 0.6) is 5.88 Å². The van der Waals surface area contributed by atoms with Gasteiger partial charge in [-0.2, -0.15) is 0 Å². The number of amides is 1. The van der Waals surface area contributed by atoms with Gasteiger partial charge in [-0.25, -0.2) is 9.78 Å². The molecule has 0 aromatic carbocycles. The molecule has 25 heavy (non-hydrogen) atoms. The fourth-order valence-corrected chi connectivity index (χ4v) is 3.30. The van der Waals surface area contributed by atoms with Crippen molar-refractivity contribution in [2.75, 3.05) is 20.2 Å². The molecule has 0 unspecified atom stereocenters. The van der Waals surface area contributed by atoms with Gasteiger partial charge >= 0.3 is 5.69 Å². The van der Waals surface area contributed by atoms with E-state index < -0.39 is 0 Å². The second-order valence-electron chi connectivity index (χ2n) is 6.00. The van der Waals surface area contributed by atoms with Crippen molar-refractivity contribution < 1.29 is 14.1 Å². The molecule has 0 spiro atoms. The van der Waals surface area contributed by atoms with Crippen LogP contribution >= 0.6 is 0 Å². The Balaban J connectivity index is 1.49. The highest BCUT2D eigenvalue weighted by atomic mass is 16.5. The molecule has 9 heteroatoms. The van der Waals surface area contributed by atoms with Crippen molar-refractivity contribution in [3.8, 4) is 5.88 Å². The summed E-state index contributed by atoms with van der Waals surface area (Å²) in [5, 5.41) is 3.66. The number of aromatic amines is 2. The van der Waals surface area contributed by atoms with E-state index in [4.69, 9.17) is 9.26 Å². The number of pyridine rings is 1. The molecule has 3 aromatic heterocycles. The van der Waals surface area contributed by atoms with Gasteiger partial charge in [0.1, 0.15) is 0 Å². The summed E-state index contributed by atoms with van der Waals surface area (Å²) < 4.78 is 9.96. The number of ether oxygens (including phenoxy) is 1. The average Bonchev–Trinajstić information content (AvgIpc) is 3.26. The molecule has 3 aromatic rings. The zero-order valence-corrected chi connectivity index (χ0v) is 13.6. The number of carbonyl (C=O) groups excluding carboxylic acids is 1. The number of piperidine rings is 1. The third-order valence-electron chi connectivity index (χ3n) is 4.58. The number of nitrogens with zero attached hydrogens (tertiary/aromatic N) is 3. The normalized spacial score (nSPS) is 15.6. The molecule has 4 heterocycles. The van der Waals surface area contributed by atoms with Crippen LogP contribution in [0.3, 0.4) is 0 Å². The summed E-state index contributed by atoms with van der Waals surface area (Å²) in [4.78, 5) is 35.4. The van der Waals surface area contributed by atoms with Crippen molar-refractivity contribution in [1.29, 1.82) is 0 Å². The van der Waals surface area contributed by atoms with E-state index in [2.05, 4.69) is 20.1 Å². The number of nitrogens with one attached hydrogen (secondary N) is 2. The molecule has 0 atom stereocenters. The highest BCUT2D eigenvalue weighted by molar-refractivity contribution is 5.91. The van der Waals surface area contributed by atoms with Crippen LogP contribution in [-0.4, -0.2) is 51.1 Å². The molecule has 130 valence electrons. The highest BCUT2D eigenvalue weighted by Crippen LogP contribution is 2.31. The Hall–Kier alpha value is -3.10. The zero-order valence-electron chi connectivity index (χ0n) is 13.6. The molecule has 9 nitrogen and oxygen atoms in total. The maximum Gasteiger partial charge on any atom is 0.325 e. The van der Waals surface area contributed by atoms with Crippen LogP contribution in [0.15, 0.2) is 27.6 Å². The van der Waals surface area contributed by atoms with Gasteiger partial charge in [0.25, 0.3) is 11.8 Å². The summed E-state index contributed by atoms with van der Waals surface area (Å²) in [6.45, 7) is 1.20. The van der Waals surface area contributed by atoms with Crippen LogP contribution in [0.1, 0.15) is 34.9 Å². The number of carbonyl (C=O) groups is 1. The first-order valence-electron chi connectivity index (χ1n) is 8.02. The lowest BCUT2D eigenvalue weighted by Gasteiger charge is -2.31. The highest BCUT2D eigenvalue weighted by Gasteiger charge is 2.28. The van der Waals surface area contributed by atoms with E-state index in [-0.39, 0.29) is 29.2 Å². The average molecular weight is 343 g/mol. The fraction of sp³-hybridized carbons (Fsp3) is 0.375. The minimum Gasteiger partial charge on any atom is -0.479 e. The second-order valence-corrected chi connectivity index (χ2v) is 6.00. The van der Waals surface area contributed by atoms with Crippen molar-refractivity contribution in [2.45, 2.75) is 18.8 Å². The van der Waals surface area contributed by atoms with Crippen LogP contribution < -0.4 is 10.4 Å². The van der Waals surface area contributed by atoms with Gasteiger partial charge in [0.15, 0.2) is 5.65 Å². The van der Waals surface area contributed by atoms with Gasteiger partial charge in [-0.1, -0.05) is 0 Å². The van der Waals surface area contributed by atoms with Crippen molar-refractivity contribution >= 4 is 17.1 Å². The molecule has 4 rings (SSSR count).